The minimum Gasteiger partial charge on any atom is -0.285 e. The van der Waals surface area contributed by atoms with Crippen molar-refractivity contribution in [1.82, 2.24) is 9.78 Å². The van der Waals surface area contributed by atoms with Gasteiger partial charge in [0.1, 0.15) is 0 Å². The van der Waals surface area contributed by atoms with Crippen molar-refractivity contribution in [3.63, 3.8) is 0 Å². The van der Waals surface area contributed by atoms with E-state index in [-0.39, 0.29) is 0 Å². The zero-order valence-corrected chi connectivity index (χ0v) is 15.9. The zero-order chi connectivity index (χ0) is 17.9. The summed E-state index contributed by atoms with van der Waals surface area (Å²) in [6.45, 7) is 13.0. The van der Waals surface area contributed by atoms with Crippen LogP contribution in [0, 0.1) is 11.8 Å². The lowest BCUT2D eigenvalue weighted by atomic mass is 10.0. The molecule has 0 radical (unpaired) electrons. The van der Waals surface area contributed by atoms with Crippen LogP contribution in [0.15, 0.2) is 52.4 Å². The predicted octanol–water partition coefficient (Wildman–Crippen LogP) is 5.12. The average molecular weight is 329 g/mol. The van der Waals surface area contributed by atoms with Gasteiger partial charge in [-0.1, -0.05) is 33.8 Å². The van der Waals surface area contributed by atoms with Crippen molar-refractivity contribution in [2.45, 2.75) is 60.0 Å². The topological polar surface area (TPSA) is 42.5 Å². The van der Waals surface area contributed by atoms with Gasteiger partial charge < -0.3 is 0 Å². The van der Waals surface area contributed by atoms with Crippen LogP contribution < -0.4 is 0 Å². The molecule has 1 unspecified atom stereocenters. The van der Waals surface area contributed by atoms with Gasteiger partial charge in [-0.2, -0.15) is 5.10 Å². The largest absolute Gasteiger partial charge is 0.285 e. The van der Waals surface area contributed by atoms with Crippen LogP contribution in [0.3, 0.4) is 0 Å². The lowest BCUT2D eigenvalue weighted by molar-refractivity contribution is 0.532. The van der Waals surface area contributed by atoms with Gasteiger partial charge in [0, 0.05) is 43.5 Å². The van der Waals surface area contributed by atoms with Crippen molar-refractivity contribution in [3.05, 3.63) is 42.4 Å². The number of aromatic nitrogens is 2. The van der Waals surface area contributed by atoms with Gasteiger partial charge in [0.2, 0.25) is 0 Å². The standard InChI is InChI=1S/2C7H11N.C6H10N2/c1-6(2)7-3-4-8-5-7;1-6(2)7-4-3-5-8-7;1-6(2)8-5-3-4-7-8/h4-6H,3H2,1-2H3;3-7H,1-2H3;3-6H,1-2H3. The molecule has 2 aliphatic heterocycles. The molecule has 0 N–H and O–H groups in total. The fourth-order valence-corrected chi connectivity index (χ4v) is 2.09. The first-order valence-electron chi connectivity index (χ1n) is 8.81. The molecule has 0 amide bonds. The minimum absolute atomic E-state index is 0.454. The number of nitrogens with zero attached hydrogens (tertiary/aromatic N) is 4. The van der Waals surface area contributed by atoms with Crippen molar-refractivity contribution in [2.75, 3.05) is 0 Å². The van der Waals surface area contributed by atoms with Crippen LogP contribution in [0.5, 0.6) is 0 Å². The van der Waals surface area contributed by atoms with E-state index >= 15 is 0 Å². The second-order valence-electron chi connectivity index (χ2n) is 6.89. The molecule has 1 aromatic rings. The van der Waals surface area contributed by atoms with E-state index in [2.05, 4.69) is 62.7 Å². The SMILES string of the molecule is CC(C)C1=CN=CC1.CC(C)C1C=CC=N1.CC(C)n1cccn1. The molecule has 0 saturated heterocycles. The first kappa shape index (κ1) is 20.1. The smallest absolute Gasteiger partial charge is 0.0706 e. The van der Waals surface area contributed by atoms with Crippen LogP contribution >= 0.6 is 0 Å². The fourth-order valence-electron chi connectivity index (χ4n) is 2.09. The molecule has 0 bridgehead atoms. The van der Waals surface area contributed by atoms with Crippen LogP contribution in [-0.4, -0.2) is 28.3 Å². The Labute approximate surface area is 147 Å². The van der Waals surface area contributed by atoms with E-state index in [1.54, 1.807) is 6.20 Å². The van der Waals surface area contributed by atoms with E-state index in [1.165, 1.54) is 5.57 Å². The zero-order valence-electron chi connectivity index (χ0n) is 15.9. The van der Waals surface area contributed by atoms with Gasteiger partial charge in [-0.05, 0) is 43.4 Å². The van der Waals surface area contributed by atoms with Gasteiger partial charge in [-0.25, -0.2) is 0 Å². The van der Waals surface area contributed by atoms with Crippen LogP contribution in [0.4, 0.5) is 0 Å². The van der Waals surface area contributed by atoms with Gasteiger partial charge in [0.25, 0.3) is 0 Å². The molecule has 0 fully saturated rings. The van der Waals surface area contributed by atoms with Gasteiger partial charge in [-0.3, -0.25) is 14.7 Å². The third-order valence-electron chi connectivity index (χ3n) is 3.80. The van der Waals surface area contributed by atoms with Gasteiger partial charge in [0.15, 0.2) is 0 Å². The summed E-state index contributed by atoms with van der Waals surface area (Å²) in [5, 5.41) is 4.03. The Balaban J connectivity index is 0.000000180. The normalized spacial score (nSPS) is 17.9. The first-order valence-corrected chi connectivity index (χ1v) is 8.81. The summed E-state index contributed by atoms with van der Waals surface area (Å²) in [5.74, 6) is 1.34. The summed E-state index contributed by atoms with van der Waals surface area (Å²) < 4.78 is 1.92. The molecule has 24 heavy (non-hydrogen) atoms. The summed E-state index contributed by atoms with van der Waals surface area (Å²) in [5.41, 5.74) is 1.45. The molecule has 132 valence electrons. The summed E-state index contributed by atoms with van der Waals surface area (Å²) in [6, 6.07) is 2.88. The van der Waals surface area contributed by atoms with Crippen LogP contribution in [-0.2, 0) is 0 Å². The minimum atomic E-state index is 0.454. The maximum Gasteiger partial charge on any atom is 0.0706 e. The first-order chi connectivity index (χ1) is 11.4. The monoisotopic (exact) mass is 328 g/mol. The lowest BCUT2D eigenvalue weighted by Crippen LogP contribution is -2.05. The number of hydrogen-bond donors (Lipinski definition) is 0. The fraction of sp³-hybridized carbons (Fsp3) is 0.550. The Morgan fingerprint density at radius 1 is 1.12 bits per heavy atom. The number of hydrogen-bond acceptors (Lipinski definition) is 3. The van der Waals surface area contributed by atoms with Crippen molar-refractivity contribution >= 4 is 12.4 Å². The molecule has 4 heteroatoms. The lowest BCUT2D eigenvalue weighted by Gasteiger charge is -2.06. The molecule has 1 atom stereocenters. The number of rotatable bonds is 3. The highest BCUT2D eigenvalue weighted by Gasteiger charge is 2.07. The molecule has 0 spiro atoms. The third kappa shape index (κ3) is 7.53. The summed E-state index contributed by atoms with van der Waals surface area (Å²) in [6.07, 6.45) is 14.7. The quantitative estimate of drug-likeness (QED) is 0.759. The van der Waals surface area contributed by atoms with Crippen LogP contribution in [0.2, 0.25) is 0 Å². The molecule has 1 aromatic heterocycles. The molecule has 4 nitrogen and oxygen atoms in total. The van der Waals surface area contributed by atoms with E-state index in [1.807, 2.05) is 41.7 Å². The highest BCUT2D eigenvalue weighted by molar-refractivity contribution is 5.74. The van der Waals surface area contributed by atoms with Gasteiger partial charge in [0.05, 0.1) is 6.04 Å². The third-order valence-corrected chi connectivity index (χ3v) is 3.80. The van der Waals surface area contributed by atoms with E-state index in [4.69, 9.17) is 0 Å². The molecule has 3 rings (SSSR count). The van der Waals surface area contributed by atoms with E-state index in [0.29, 0.717) is 23.9 Å². The average Bonchev–Trinajstić information content (AvgIpc) is 3.29. The summed E-state index contributed by atoms with van der Waals surface area (Å²) in [4.78, 5) is 8.20. The van der Waals surface area contributed by atoms with E-state index in [9.17, 15) is 0 Å². The number of aliphatic imine (C=N–C) groups is 2. The molecule has 3 heterocycles. The summed E-state index contributed by atoms with van der Waals surface area (Å²) >= 11 is 0. The van der Waals surface area contributed by atoms with E-state index in [0.717, 1.165) is 6.42 Å². The second kappa shape index (κ2) is 10.7. The molecular weight excluding hydrogens is 296 g/mol. The van der Waals surface area contributed by atoms with Crippen molar-refractivity contribution in [2.24, 2.45) is 21.8 Å². The molecule has 0 aromatic carbocycles. The maximum atomic E-state index is 4.20. The van der Waals surface area contributed by atoms with Crippen molar-refractivity contribution in [3.8, 4) is 0 Å². The molecular formula is C20H32N4. The Kier molecular flexibility index (Phi) is 8.98. The molecule has 0 aliphatic carbocycles. The van der Waals surface area contributed by atoms with Crippen molar-refractivity contribution < 1.29 is 0 Å². The van der Waals surface area contributed by atoms with Crippen LogP contribution in [0.25, 0.3) is 0 Å². The molecule has 0 saturated carbocycles. The number of allylic oxidation sites excluding steroid dienone is 2. The Morgan fingerprint density at radius 2 is 1.88 bits per heavy atom. The maximum absolute atomic E-state index is 4.20. The van der Waals surface area contributed by atoms with Crippen LogP contribution in [0.1, 0.15) is 54.0 Å². The van der Waals surface area contributed by atoms with Gasteiger partial charge >= 0.3 is 0 Å². The van der Waals surface area contributed by atoms with Gasteiger partial charge in [-0.15, -0.1) is 0 Å². The Bertz CT molecular complexity index is 548. The second-order valence-corrected chi connectivity index (χ2v) is 6.89. The predicted molar refractivity (Wildman–Crippen MR) is 105 cm³/mol. The molecule has 2 aliphatic rings. The summed E-state index contributed by atoms with van der Waals surface area (Å²) in [7, 11) is 0. The highest BCUT2D eigenvalue weighted by Crippen LogP contribution is 2.15. The Morgan fingerprint density at radius 3 is 2.12 bits per heavy atom. The van der Waals surface area contributed by atoms with Crippen molar-refractivity contribution in [1.29, 1.82) is 0 Å². The van der Waals surface area contributed by atoms with E-state index < -0.39 is 0 Å². The highest BCUT2D eigenvalue weighted by atomic mass is 15.3. The Hall–Kier alpha value is -1.97.